The Morgan fingerprint density at radius 2 is 1.93 bits per heavy atom. The van der Waals surface area contributed by atoms with E-state index in [0.29, 0.717) is 0 Å². The first kappa shape index (κ1) is 24.7. The van der Waals surface area contributed by atoms with Crippen molar-refractivity contribution in [3.63, 3.8) is 0 Å². The van der Waals surface area contributed by atoms with E-state index in [4.69, 9.17) is 16.6 Å². The minimum absolute atomic E-state index is 0. The van der Waals surface area contributed by atoms with Gasteiger partial charge in [-0.25, -0.2) is 0 Å². The van der Waals surface area contributed by atoms with Crippen molar-refractivity contribution in [2.75, 3.05) is 19.6 Å². The maximum absolute atomic E-state index is 6.10. The van der Waals surface area contributed by atoms with Crippen LogP contribution in [-0.2, 0) is 13.0 Å². The molecule has 0 saturated carbocycles. The molecule has 0 aliphatic heterocycles. The van der Waals surface area contributed by atoms with Gasteiger partial charge in [0.25, 0.3) is 0 Å². The third-order valence-electron chi connectivity index (χ3n) is 4.18. The average Bonchev–Trinajstić information content (AvgIpc) is 3.12. The number of halogens is 2. The first-order chi connectivity index (χ1) is 13.0. The summed E-state index contributed by atoms with van der Waals surface area (Å²) in [5.74, 6) is 0.876. The standard InChI is InChI=1S/C20H31ClN6.HI/c1-4-22-19(23-10-5-6-11-27-15-25-26-16-27)24-14-20(2,3)13-17-8-7-9-18(21)12-17;/h7-9,12,15-16H,4-6,10-11,13-14H2,1-3H3,(H2,22,23,24);1H. The zero-order chi connectivity index (χ0) is 19.5. The molecule has 1 heterocycles. The number of hydrogen-bond donors (Lipinski definition) is 2. The van der Waals surface area contributed by atoms with Gasteiger partial charge in [0.15, 0.2) is 5.96 Å². The minimum Gasteiger partial charge on any atom is -0.357 e. The largest absolute Gasteiger partial charge is 0.357 e. The number of nitrogens with zero attached hydrogens (tertiary/aromatic N) is 4. The third-order valence-corrected chi connectivity index (χ3v) is 4.42. The number of nitrogens with one attached hydrogen (secondary N) is 2. The number of rotatable bonds is 10. The molecule has 8 heteroatoms. The molecule has 1 aromatic carbocycles. The lowest BCUT2D eigenvalue weighted by Crippen LogP contribution is -2.38. The SMILES string of the molecule is CCNC(=NCC(C)(C)Cc1cccc(Cl)c1)NCCCCn1cnnc1.I. The molecule has 0 saturated heterocycles. The van der Waals surface area contributed by atoms with E-state index in [-0.39, 0.29) is 29.4 Å². The van der Waals surface area contributed by atoms with Gasteiger partial charge in [0.2, 0.25) is 0 Å². The van der Waals surface area contributed by atoms with Crippen molar-refractivity contribution in [1.82, 2.24) is 25.4 Å². The van der Waals surface area contributed by atoms with E-state index >= 15 is 0 Å². The summed E-state index contributed by atoms with van der Waals surface area (Å²) in [4.78, 5) is 4.79. The molecule has 0 atom stereocenters. The molecule has 0 aliphatic carbocycles. The molecule has 2 N–H and O–H groups in total. The van der Waals surface area contributed by atoms with Crippen molar-refractivity contribution < 1.29 is 0 Å². The molecule has 0 aliphatic rings. The van der Waals surface area contributed by atoms with Crippen LogP contribution in [0.2, 0.25) is 5.02 Å². The molecule has 28 heavy (non-hydrogen) atoms. The Hall–Kier alpha value is -1.35. The van der Waals surface area contributed by atoms with E-state index in [1.807, 2.05) is 22.8 Å². The van der Waals surface area contributed by atoms with Crippen molar-refractivity contribution in [1.29, 1.82) is 0 Å². The van der Waals surface area contributed by atoms with Crippen LogP contribution >= 0.6 is 35.6 Å². The molecule has 0 bridgehead atoms. The molecule has 156 valence electrons. The van der Waals surface area contributed by atoms with Crippen LogP contribution in [0.25, 0.3) is 0 Å². The normalized spacial score (nSPS) is 11.8. The van der Waals surface area contributed by atoms with Gasteiger partial charge >= 0.3 is 0 Å². The molecule has 0 fully saturated rings. The summed E-state index contributed by atoms with van der Waals surface area (Å²) in [6, 6.07) is 8.07. The Morgan fingerprint density at radius 3 is 2.61 bits per heavy atom. The lowest BCUT2D eigenvalue weighted by Gasteiger charge is -2.23. The zero-order valence-electron chi connectivity index (χ0n) is 17.0. The first-order valence-electron chi connectivity index (χ1n) is 9.57. The predicted octanol–water partition coefficient (Wildman–Crippen LogP) is 4.15. The fraction of sp³-hybridized carbons (Fsp3) is 0.550. The lowest BCUT2D eigenvalue weighted by atomic mass is 9.86. The maximum Gasteiger partial charge on any atom is 0.191 e. The number of guanidine groups is 1. The smallest absolute Gasteiger partial charge is 0.191 e. The highest BCUT2D eigenvalue weighted by atomic mass is 127. The van der Waals surface area contributed by atoms with Gasteiger partial charge in [-0.3, -0.25) is 4.99 Å². The van der Waals surface area contributed by atoms with Crippen molar-refractivity contribution >= 4 is 41.5 Å². The van der Waals surface area contributed by atoms with Gasteiger partial charge in [0, 0.05) is 31.2 Å². The second-order valence-electron chi connectivity index (χ2n) is 7.50. The molecule has 0 spiro atoms. The summed E-state index contributed by atoms with van der Waals surface area (Å²) in [6.07, 6.45) is 6.58. The van der Waals surface area contributed by atoms with Gasteiger partial charge in [-0.15, -0.1) is 34.2 Å². The number of aromatic nitrogens is 3. The predicted molar refractivity (Wildman–Crippen MR) is 128 cm³/mol. The summed E-state index contributed by atoms with van der Waals surface area (Å²) in [5.41, 5.74) is 1.30. The fourth-order valence-corrected chi connectivity index (χ4v) is 3.07. The van der Waals surface area contributed by atoms with Gasteiger partial charge in [-0.2, -0.15) is 0 Å². The van der Waals surface area contributed by atoms with E-state index in [1.165, 1.54) is 5.56 Å². The van der Waals surface area contributed by atoms with Crippen molar-refractivity contribution in [3.8, 4) is 0 Å². The third kappa shape index (κ3) is 9.73. The molecule has 6 nitrogen and oxygen atoms in total. The van der Waals surface area contributed by atoms with Gasteiger partial charge < -0.3 is 15.2 Å². The van der Waals surface area contributed by atoms with Crippen LogP contribution in [0, 0.1) is 5.41 Å². The summed E-state index contributed by atoms with van der Waals surface area (Å²) in [7, 11) is 0. The highest BCUT2D eigenvalue weighted by Crippen LogP contribution is 2.23. The molecule has 0 amide bonds. The van der Waals surface area contributed by atoms with Crippen molar-refractivity contribution in [2.24, 2.45) is 10.4 Å². The summed E-state index contributed by atoms with van der Waals surface area (Å²) < 4.78 is 2.00. The average molecular weight is 519 g/mol. The monoisotopic (exact) mass is 518 g/mol. The van der Waals surface area contributed by atoms with Crippen LogP contribution in [0.3, 0.4) is 0 Å². The summed E-state index contributed by atoms with van der Waals surface area (Å²) >= 11 is 6.10. The molecule has 2 aromatic rings. The van der Waals surface area contributed by atoms with Gasteiger partial charge in [0.1, 0.15) is 12.7 Å². The molecule has 1 aromatic heterocycles. The van der Waals surface area contributed by atoms with Crippen LogP contribution in [0.1, 0.15) is 39.2 Å². The number of hydrogen-bond acceptors (Lipinski definition) is 3. The Bertz CT molecular complexity index is 702. The topological polar surface area (TPSA) is 67.1 Å². The van der Waals surface area contributed by atoms with Gasteiger partial charge in [-0.05, 0) is 49.3 Å². The number of aliphatic imine (C=N–C) groups is 1. The fourth-order valence-electron chi connectivity index (χ4n) is 2.85. The van der Waals surface area contributed by atoms with Crippen LogP contribution in [-0.4, -0.2) is 40.4 Å². The Morgan fingerprint density at radius 1 is 1.18 bits per heavy atom. The van der Waals surface area contributed by atoms with E-state index < -0.39 is 0 Å². The highest BCUT2D eigenvalue weighted by molar-refractivity contribution is 14.0. The van der Waals surface area contributed by atoms with E-state index in [1.54, 1.807) is 12.7 Å². The van der Waals surface area contributed by atoms with Gasteiger partial charge in [-0.1, -0.05) is 37.6 Å². The highest BCUT2D eigenvalue weighted by Gasteiger charge is 2.18. The molecule has 2 rings (SSSR count). The molecule has 0 radical (unpaired) electrons. The second-order valence-corrected chi connectivity index (χ2v) is 7.94. The number of unbranched alkanes of at least 4 members (excludes halogenated alkanes) is 1. The lowest BCUT2D eigenvalue weighted by molar-refractivity contribution is 0.377. The Balaban J connectivity index is 0.00000392. The van der Waals surface area contributed by atoms with E-state index in [9.17, 15) is 0 Å². The van der Waals surface area contributed by atoms with Gasteiger partial charge in [0.05, 0.1) is 0 Å². The Kier molecular flexibility index (Phi) is 11.4. The van der Waals surface area contributed by atoms with E-state index in [2.05, 4.69) is 47.7 Å². The van der Waals surface area contributed by atoms with Crippen molar-refractivity contribution in [2.45, 2.75) is 46.6 Å². The van der Waals surface area contributed by atoms with Crippen LogP contribution in [0.15, 0.2) is 41.9 Å². The van der Waals surface area contributed by atoms with E-state index in [0.717, 1.165) is 56.4 Å². The summed E-state index contributed by atoms with van der Waals surface area (Å²) in [6.45, 7) is 9.98. The summed E-state index contributed by atoms with van der Waals surface area (Å²) in [5, 5.41) is 15.2. The Labute approximate surface area is 190 Å². The maximum atomic E-state index is 6.10. The van der Waals surface area contributed by atoms with Crippen molar-refractivity contribution in [3.05, 3.63) is 47.5 Å². The quantitative estimate of drug-likeness (QED) is 0.215. The number of aryl methyl sites for hydroxylation is 1. The molecule has 0 unspecified atom stereocenters. The first-order valence-corrected chi connectivity index (χ1v) is 9.95. The van der Waals surface area contributed by atoms with Crippen LogP contribution < -0.4 is 10.6 Å². The number of benzene rings is 1. The molecular weight excluding hydrogens is 487 g/mol. The van der Waals surface area contributed by atoms with Crippen LogP contribution in [0.5, 0.6) is 0 Å². The van der Waals surface area contributed by atoms with Crippen LogP contribution in [0.4, 0.5) is 0 Å². The molecular formula is C20H32ClIN6. The second kappa shape index (κ2) is 13.0. The zero-order valence-corrected chi connectivity index (χ0v) is 20.1. The minimum atomic E-state index is 0.